The van der Waals surface area contributed by atoms with Gasteiger partial charge in [-0.25, -0.2) is 9.59 Å². The van der Waals surface area contributed by atoms with E-state index in [0.29, 0.717) is 17.9 Å². The summed E-state index contributed by atoms with van der Waals surface area (Å²) in [7, 11) is 0. The van der Waals surface area contributed by atoms with Gasteiger partial charge in [0.2, 0.25) is 0 Å². The molecule has 3 aromatic rings. The van der Waals surface area contributed by atoms with Crippen molar-refractivity contribution in [2.75, 3.05) is 13.2 Å². The first-order valence-electron chi connectivity index (χ1n) is 11.2. The van der Waals surface area contributed by atoms with Crippen molar-refractivity contribution in [1.82, 2.24) is 0 Å². The minimum atomic E-state index is -0.569. The van der Waals surface area contributed by atoms with Gasteiger partial charge in [0.25, 0.3) is 0 Å². The summed E-state index contributed by atoms with van der Waals surface area (Å²) in [5.74, 6) is -0.211. The van der Waals surface area contributed by atoms with Gasteiger partial charge < -0.3 is 14.2 Å². The Bertz CT molecular complexity index is 1120. The van der Waals surface area contributed by atoms with Crippen LogP contribution in [0.25, 0.3) is 0 Å². The molecule has 5 nitrogen and oxygen atoms in total. The monoisotopic (exact) mass is 524 g/mol. The minimum Gasteiger partial charge on any atom is -0.481 e. The summed E-state index contributed by atoms with van der Waals surface area (Å²) in [4.78, 5) is 24.6. The predicted octanol–water partition coefficient (Wildman–Crippen LogP) is 6.52. The van der Waals surface area contributed by atoms with Gasteiger partial charge in [-0.1, -0.05) is 63.2 Å². The number of hydrogen-bond donors (Lipinski definition) is 0. The van der Waals surface area contributed by atoms with E-state index in [1.807, 2.05) is 48.5 Å². The van der Waals surface area contributed by atoms with Crippen LogP contribution in [0.15, 0.2) is 77.3 Å². The molecule has 3 aromatic carbocycles. The number of carbonyl (C=O) groups is 2. The summed E-state index contributed by atoms with van der Waals surface area (Å²) in [6.07, 6.45) is 1.56. The van der Waals surface area contributed by atoms with Crippen molar-refractivity contribution >= 4 is 27.9 Å². The molecule has 0 atom stereocenters. The second-order valence-electron chi connectivity index (χ2n) is 8.91. The molecule has 0 saturated heterocycles. The average Bonchev–Trinajstić information content (AvgIpc) is 2.81. The summed E-state index contributed by atoms with van der Waals surface area (Å²) in [6.45, 7) is 6.43. The van der Waals surface area contributed by atoms with Crippen LogP contribution in [-0.4, -0.2) is 25.2 Å². The third-order valence-electron chi connectivity index (χ3n) is 5.13. The third-order valence-corrected chi connectivity index (χ3v) is 5.75. The standard InChI is InChI=1S/C28H29BrO5/c1-28(2,3)22-14-15-25(24(29)18-22)33-19-26(30)34-23-13-7-12-21(17-23)27(31)32-16-8-11-20-9-5-4-6-10-20/h4-7,9-10,12-15,17-18H,8,11,16,19H2,1-3H3. The third kappa shape index (κ3) is 7.73. The van der Waals surface area contributed by atoms with Gasteiger partial charge in [0.05, 0.1) is 16.6 Å². The largest absolute Gasteiger partial charge is 0.481 e. The number of ether oxygens (including phenoxy) is 3. The van der Waals surface area contributed by atoms with E-state index in [1.165, 1.54) is 11.6 Å². The number of halogens is 1. The molecule has 0 aliphatic heterocycles. The Kier molecular flexibility index (Phi) is 8.88. The molecule has 0 aliphatic rings. The summed E-state index contributed by atoms with van der Waals surface area (Å²) in [6, 6.07) is 22.2. The average molecular weight is 525 g/mol. The van der Waals surface area contributed by atoms with Crippen LogP contribution in [0, 0.1) is 0 Å². The van der Waals surface area contributed by atoms with Crippen LogP contribution < -0.4 is 9.47 Å². The maximum atomic E-state index is 12.3. The molecule has 0 radical (unpaired) electrons. The molecular weight excluding hydrogens is 496 g/mol. The highest BCUT2D eigenvalue weighted by molar-refractivity contribution is 9.10. The van der Waals surface area contributed by atoms with Crippen molar-refractivity contribution in [1.29, 1.82) is 0 Å². The quantitative estimate of drug-likeness (QED) is 0.181. The van der Waals surface area contributed by atoms with Crippen LogP contribution in [0.2, 0.25) is 0 Å². The summed E-state index contributed by atoms with van der Waals surface area (Å²) in [5.41, 5.74) is 2.69. The number of carbonyl (C=O) groups excluding carboxylic acids is 2. The number of esters is 2. The molecule has 3 rings (SSSR count). The van der Waals surface area contributed by atoms with Gasteiger partial charge in [0.1, 0.15) is 11.5 Å². The normalized spacial score (nSPS) is 11.1. The Morgan fingerprint density at radius 1 is 0.912 bits per heavy atom. The van der Waals surface area contributed by atoms with Crippen LogP contribution in [0.4, 0.5) is 0 Å². The Balaban J connectivity index is 1.47. The molecule has 0 aromatic heterocycles. The lowest BCUT2D eigenvalue weighted by molar-refractivity contribution is -0.136. The number of rotatable bonds is 9. The topological polar surface area (TPSA) is 61.8 Å². The fourth-order valence-corrected chi connectivity index (χ4v) is 3.73. The van der Waals surface area contributed by atoms with E-state index in [0.717, 1.165) is 22.9 Å². The van der Waals surface area contributed by atoms with Crippen LogP contribution in [0.5, 0.6) is 11.5 Å². The van der Waals surface area contributed by atoms with E-state index in [9.17, 15) is 9.59 Å². The van der Waals surface area contributed by atoms with Crippen molar-refractivity contribution in [3.63, 3.8) is 0 Å². The number of aryl methyl sites for hydroxylation is 1. The van der Waals surface area contributed by atoms with Crippen molar-refractivity contribution < 1.29 is 23.8 Å². The first-order valence-corrected chi connectivity index (χ1v) is 12.0. The zero-order valence-corrected chi connectivity index (χ0v) is 21.3. The molecule has 0 amide bonds. The second kappa shape index (κ2) is 11.8. The lowest BCUT2D eigenvalue weighted by Crippen LogP contribution is -2.18. The predicted molar refractivity (Wildman–Crippen MR) is 135 cm³/mol. The highest BCUT2D eigenvalue weighted by Gasteiger charge is 2.16. The first-order chi connectivity index (χ1) is 16.2. The lowest BCUT2D eigenvalue weighted by Gasteiger charge is -2.20. The molecule has 34 heavy (non-hydrogen) atoms. The van der Waals surface area contributed by atoms with Gasteiger partial charge in [0, 0.05) is 0 Å². The van der Waals surface area contributed by atoms with Gasteiger partial charge in [-0.2, -0.15) is 0 Å². The number of benzene rings is 3. The van der Waals surface area contributed by atoms with Crippen LogP contribution in [-0.2, 0) is 21.4 Å². The summed E-state index contributed by atoms with van der Waals surface area (Å²) >= 11 is 3.49. The van der Waals surface area contributed by atoms with Crippen molar-refractivity contribution in [2.24, 2.45) is 0 Å². The van der Waals surface area contributed by atoms with Crippen molar-refractivity contribution in [3.8, 4) is 11.5 Å². The van der Waals surface area contributed by atoms with E-state index < -0.39 is 11.9 Å². The zero-order chi connectivity index (χ0) is 24.6. The number of hydrogen-bond acceptors (Lipinski definition) is 5. The summed E-state index contributed by atoms with van der Waals surface area (Å²) in [5, 5.41) is 0. The highest BCUT2D eigenvalue weighted by Crippen LogP contribution is 2.31. The van der Waals surface area contributed by atoms with E-state index >= 15 is 0 Å². The molecule has 0 fully saturated rings. The Morgan fingerprint density at radius 3 is 2.38 bits per heavy atom. The SMILES string of the molecule is CC(C)(C)c1ccc(OCC(=O)Oc2cccc(C(=O)OCCCc3ccccc3)c2)c(Br)c1. The fraction of sp³-hybridized carbons (Fsp3) is 0.286. The van der Waals surface area contributed by atoms with Gasteiger partial charge in [-0.05, 0) is 75.6 Å². The van der Waals surface area contributed by atoms with Crippen LogP contribution in [0.1, 0.15) is 48.7 Å². The minimum absolute atomic E-state index is 0.00798. The van der Waals surface area contributed by atoms with Gasteiger partial charge in [0.15, 0.2) is 6.61 Å². The molecule has 6 heteroatoms. The Labute approximate surface area is 209 Å². The maximum Gasteiger partial charge on any atom is 0.349 e. The smallest absolute Gasteiger partial charge is 0.349 e. The maximum absolute atomic E-state index is 12.3. The van der Waals surface area contributed by atoms with E-state index in [4.69, 9.17) is 14.2 Å². The highest BCUT2D eigenvalue weighted by atomic mass is 79.9. The molecule has 0 unspecified atom stereocenters. The molecule has 0 heterocycles. The molecule has 0 aliphatic carbocycles. The molecular formula is C28H29BrO5. The van der Waals surface area contributed by atoms with E-state index in [-0.39, 0.29) is 17.8 Å². The molecule has 178 valence electrons. The first kappa shape index (κ1) is 25.5. The van der Waals surface area contributed by atoms with Crippen molar-refractivity contribution in [2.45, 2.75) is 39.0 Å². The zero-order valence-electron chi connectivity index (χ0n) is 19.7. The molecule has 0 spiro atoms. The van der Waals surface area contributed by atoms with Gasteiger partial charge >= 0.3 is 11.9 Å². The van der Waals surface area contributed by atoms with Crippen molar-refractivity contribution in [3.05, 3.63) is 94.0 Å². The molecule has 0 saturated carbocycles. The van der Waals surface area contributed by atoms with Crippen LogP contribution in [0.3, 0.4) is 0 Å². The molecule has 0 bridgehead atoms. The van der Waals surface area contributed by atoms with E-state index in [1.54, 1.807) is 18.2 Å². The summed E-state index contributed by atoms with van der Waals surface area (Å²) < 4.78 is 17.1. The lowest BCUT2D eigenvalue weighted by atomic mass is 9.87. The fourth-order valence-electron chi connectivity index (χ4n) is 3.24. The molecule has 0 N–H and O–H groups in total. The Hall–Kier alpha value is -3.12. The van der Waals surface area contributed by atoms with Gasteiger partial charge in [-0.3, -0.25) is 0 Å². The van der Waals surface area contributed by atoms with Crippen LogP contribution >= 0.6 is 15.9 Å². The Morgan fingerprint density at radius 2 is 1.68 bits per heavy atom. The van der Waals surface area contributed by atoms with E-state index in [2.05, 4.69) is 36.7 Å². The second-order valence-corrected chi connectivity index (χ2v) is 9.77. The van der Waals surface area contributed by atoms with Gasteiger partial charge in [-0.15, -0.1) is 0 Å².